The molecule has 8 heteroatoms. The smallest absolute Gasteiger partial charge is 0.231 e. The molecular formula is C15H16N6O2. The fourth-order valence-electron chi connectivity index (χ4n) is 2.13. The first kappa shape index (κ1) is 14.9. The van der Waals surface area contributed by atoms with Gasteiger partial charge in [-0.15, -0.1) is 0 Å². The number of fused-ring (bicyclic) bond motifs is 1. The molecule has 3 aromatic rings. The Morgan fingerprint density at radius 2 is 1.87 bits per heavy atom. The van der Waals surface area contributed by atoms with Gasteiger partial charge in [-0.05, 0) is 19.1 Å². The van der Waals surface area contributed by atoms with Crippen molar-refractivity contribution in [1.29, 1.82) is 0 Å². The van der Waals surface area contributed by atoms with Gasteiger partial charge in [0.15, 0.2) is 5.82 Å². The molecule has 0 saturated heterocycles. The molecule has 2 N–H and O–H groups in total. The first-order valence-electron chi connectivity index (χ1n) is 6.91. The van der Waals surface area contributed by atoms with E-state index in [1.54, 1.807) is 19.4 Å². The van der Waals surface area contributed by atoms with Crippen LogP contribution in [0.4, 0.5) is 17.7 Å². The minimum Gasteiger partial charge on any atom is -0.497 e. The standard InChI is InChI=1S/C15H16N6O2/c1-9-11-5-4-10(22-2)8-12(11)18-15(17-9)20-14-16-7-6-13(19-14)21-23-3/h4-8H,1-3H3,(H2,16,17,18,19,20,21). The summed E-state index contributed by atoms with van der Waals surface area (Å²) >= 11 is 0. The van der Waals surface area contributed by atoms with Crippen LogP contribution in [0, 0.1) is 6.92 Å². The Labute approximate surface area is 132 Å². The lowest BCUT2D eigenvalue weighted by atomic mass is 10.2. The minimum absolute atomic E-state index is 0.369. The van der Waals surface area contributed by atoms with Crippen molar-refractivity contribution in [2.45, 2.75) is 6.92 Å². The molecule has 0 amide bonds. The maximum Gasteiger partial charge on any atom is 0.231 e. The summed E-state index contributed by atoms with van der Waals surface area (Å²) in [5, 5.41) is 3.96. The van der Waals surface area contributed by atoms with Gasteiger partial charge >= 0.3 is 0 Å². The number of rotatable bonds is 5. The van der Waals surface area contributed by atoms with Crippen LogP contribution in [0.1, 0.15) is 5.69 Å². The molecular weight excluding hydrogens is 296 g/mol. The molecule has 3 rings (SSSR count). The van der Waals surface area contributed by atoms with Gasteiger partial charge in [0.1, 0.15) is 5.75 Å². The number of anilines is 3. The topological polar surface area (TPSA) is 94.1 Å². The van der Waals surface area contributed by atoms with E-state index in [9.17, 15) is 0 Å². The van der Waals surface area contributed by atoms with Crippen LogP contribution in [0.2, 0.25) is 0 Å². The zero-order chi connectivity index (χ0) is 16.2. The normalized spacial score (nSPS) is 10.6. The lowest BCUT2D eigenvalue weighted by Gasteiger charge is -2.09. The SMILES string of the molecule is CONc1ccnc(Nc2nc(C)c3ccc(OC)cc3n2)n1. The van der Waals surface area contributed by atoms with Crippen LogP contribution in [0.3, 0.4) is 0 Å². The van der Waals surface area contributed by atoms with Crippen molar-refractivity contribution in [2.24, 2.45) is 0 Å². The highest BCUT2D eigenvalue weighted by atomic mass is 16.6. The lowest BCUT2D eigenvalue weighted by Crippen LogP contribution is -2.05. The molecule has 0 aliphatic heterocycles. The molecule has 1 aromatic carbocycles. The molecule has 0 spiro atoms. The number of ether oxygens (including phenoxy) is 1. The Bertz CT molecular complexity index is 839. The van der Waals surface area contributed by atoms with E-state index in [0.717, 1.165) is 22.3 Å². The molecule has 8 nitrogen and oxygen atoms in total. The Hall–Kier alpha value is -3.00. The molecule has 0 bridgehead atoms. The second-order valence-electron chi connectivity index (χ2n) is 4.71. The zero-order valence-electron chi connectivity index (χ0n) is 13.0. The fraction of sp³-hybridized carbons (Fsp3) is 0.200. The number of aryl methyl sites for hydroxylation is 1. The van der Waals surface area contributed by atoms with E-state index in [1.807, 2.05) is 25.1 Å². The summed E-state index contributed by atoms with van der Waals surface area (Å²) in [5.41, 5.74) is 4.28. The van der Waals surface area contributed by atoms with Crippen LogP contribution in [-0.2, 0) is 4.84 Å². The van der Waals surface area contributed by atoms with Crippen LogP contribution in [0.25, 0.3) is 10.9 Å². The zero-order valence-corrected chi connectivity index (χ0v) is 13.0. The van der Waals surface area contributed by atoms with Crippen molar-refractivity contribution >= 4 is 28.6 Å². The van der Waals surface area contributed by atoms with E-state index in [0.29, 0.717) is 17.7 Å². The van der Waals surface area contributed by atoms with Gasteiger partial charge in [-0.2, -0.15) is 4.98 Å². The molecule has 0 atom stereocenters. The molecule has 118 valence electrons. The first-order chi connectivity index (χ1) is 11.2. The van der Waals surface area contributed by atoms with Crippen molar-refractivity contribution in [3.05, 3.63) is 36.2 Å². The van der Waals surface area contributed by atoms with Gasteiger partial charge in [0.2, 0.25) is 11.9 Å². The van der Waals surface area contributed by atoms with E-state index in [-0.39, 0.29) is 0 Å². The highest BCUT2D eigenvalue weighted by Gasteiger charge is 2.08. The molecule has 0 unspecified atom stereocenters. The first-order valence-corrected chi connectivity index (χ1v) is 6.91. The average Bonchev–Trinajstić information content (AvgIpc) is 2.55. The van der Waals surface area contributed by atoms with E-state index in [4.69, 9.17) is 9.57 Å². The lowest BCUT2D eigenvalue weighted by molar-refractivity contribution is 0.269. The summed E-state index contributed by atoms with van der Waals surface area (Å²) < 4.78 is 5.24. The van der Waals surface area contributed by atoms with Gasteiger partial charge in [-0.1, -0.05) is 0 Å². The Balaban J connectivity index is 1.95. The summed E-state index contributed by atoms with van der Waals surface area (Å²) in [4.78, 5) is 22.1. The number of nitrogens with one attached hydrogen (secondary N) is 2. The van der Waals surface area contributed by atoms with Gasteiger partial charge in [0.25, 0.3) is 0 Å². The predicted molar refractivity (Wildman–Crippen MR) is 86.8 cm³/mol. The maximum atomic E-state index is 5.24. The second-order valence-corrected chi connectivity index (χ2v) is 4.71. The van der Waals surface area contributed by atoms with Crippen LogP contribution >= 0.6 is 0 Å². The summed E-state index contributed by atoms with van der Waals surface area (Å²) in [6, 6.07) is 7.37. The second kappa shape index (κ2) is 6.41. The average molecular weight is 312 g/mol. The Kier molecular flexibility index (Phi) is 4.15. The maximum absolute atomic E-state index is 5.24. The van der Waals surface area contributed by atoms with Crippen LogP contribution in [0.5, 0.6) is 5.75 Å². The summed E-state index contributed by atoms with van der Waals surface area (Å²) in [6.07, 6.45) is 1.60. The summed E-state index contributed by atoms with van der Waals surface area (Å²) in [6.45, 7) is 1.92. The van der Waals surface area contributed by atoms with E-state index < -0.39 is 0 Å². The van der Waals surface area contributed by atoms with Crippen molar-refractivity contribution in [2.75, 3.05) is 25.0 Å². The third-order valence-corrected chi connectivity index (χ3v) is 3.18. The number of hydrogen-bond acceptors (Lipinski definition) is 8. The van der Waals surface area contributed by atoms with Crippen LogP contribution < -0.4 is 15.5 Å². The number of nitrogens with zero attached hydrogens (tertiary/aromatic N) is 4. The van der Waals surface area contributed by atoms with Gasteiger partial charge < -0.3 is 4.74 Å². The molecule has 0 aliphatic carbocycles. The van der Waals surface area contributed by atoms with Gasteiger partial charge in [-0.3, -0.25) is 10.2 Å². The largest absolute Gasteiger partial charge is 0.497 e. The number of aromatic nitrogens is 4. The molecule has 2 aromatic heterocycles. The highest BCUT2D eigenvalue weighted by molar-refractivity contribution is 5.83. The minimum atomic E-state index is 0.369. The van der Waals surface area contributed by atoms with E-state index >= 15 is 0 Å². The molecule has 23 heavy (non-hydrogen) atoms. The fourth-order valence-corrected chi connectivity index (χ4v) is 2.13. The van der Waals surface area contributed by atoms with Gasteiger partial charge in [0.05, 0.1) is 25.4 Å². The summed E-state index contributed by atoms with van der Waals surface area (Å²) in [7, 11) is 3.13. The third kappa shape index (κ3) is 3.27. The highest BCUT2D eigenvalue weighted by Crippen LogP contribution is 2.23. The molecule has 0 saturated carbocycles. The third-order valence-electron chi connectivity index (χ3n) is 3.18. The number of benzene rings is 1. The molecule has 0 fully saturated rings. The van der Waals surface area contributed by atoms with E-state index in [2.05, 4.69) is 30.7 Å². The number of methoxy groups -OCH3 is 1. The Morgan fingerprint density at radius 3 is 2.65 bits per heavy atom. The van der Waals surface area contributed by atoms with Gasteiger partial charge in [0, 0.05) is 23.7 Å². The molecule has 0 radical (unpaired) electrons. The predicted octanol–water partition coefficient (Wildman–Crippen LogP) is 2.45. The van der Waals surface area contributed by atoms with Crippen molar-refractivity contribution in [3.63, 3.8) is 0 Å². The van der Waals surface area contributed by atoms with Crippen LogP contribution in [0.15, 0.2) is 30.5 Å². The van der Waals surface area contributed by atoms with E-state index in [1.165, 1.54) is 7.11 Å². The monoisotopic (exact) mass is 312 g/mol. The van der Waals surface area contributed by atoms with Crippen molar-refractivity contribution < 1.29 is 9.57 Å². The Morgan fingerprint density at radius 1 is 1.00 bits per heavy atom. The quantitative estimate of drug-likeness (QED) is 0.694. The summed E-state index contributed by atoms with van der Waals surface area (Å²) in [5.74, 6) is 2.06. The van der Waals surface area contributed by atoms with Crippen molar-refractivity contribution in [3.8, 4) is 5.75 Å². The van der Waals surface area contributed by atoms with Crippen molar-refractivity contribution in [1.82, 2.24) is 19.9 Å². The molecule has 2 heterocycles. The van der Waals surface area contributed by atoms with Gasteiger partial charge in [-0.25, -0.2) is 20.4 Å². The number of hydrogen-bond donors (Lipinski definition) is 2. The van der Waals surface area contributed by atoms with Crippen LogP contribution in [-0.4, -0.2) is 34.2 Å². The molecule has 0 aliphatic rings.